The van der Waals surface area contributed by atoms with E-state index in [1.54, 1.807) is 32.0 Å². The molecule has 0 unspecified atom stereocenters. The zero-order valence-electron chi connectivity index (χ0n) is 8.94. The molecule has 0 aliphatic carbocycles. The Labute approximate surface area is 88.2 Å². The van der Waals surface area contributed by atoms with E-state index in [9.17, 15) is 9.90 Å². The lowest BCUT2D eigenvalue weighted by molar-refractivity contribution is -0.140. The lowest BCUT2D eigenvalue weighted by Crippen LogP contribution is -2.00. The number of rotatable bonds is 2. The van der Waals surface area contributed by atoms with E-state index in [0.717, 1.165) is 5.56 Å². The van der Waals surface area contributed by atoms with E-state index in [-0.39, 0.29) is 5.75 Å². The lowest BCUT2D eigenvalue weighted by Gasteiger charge is -2.05. The standard InChI is InChI=1S/C11H13NO3/c1-7-5-4-6-10(11(7)14)8(2)12-15-9(3)13/h4-6,14H,1-3H3. The number of phenolic OH excluding ortho intramolecular Hbond substituents is 1. The van der Waals surface area contributed by atoms with Crippen molar-refractivity contribution in [2.75, 3.05) is 0 Å². The summed E-state index contributed by atoms with van der Waals surface area (Å²) < 4.78 is 0. The summed E-state index contributed by atoms with van der Waals surface area (Å²) in [4.78, 5) is 15.0. The number of aromatic hydroxyl groups is 1. The maximum atomic E-state index is 10.5. The minimum absolute atomic E-state index is 0.158. The minimum atomic E-state index is -0.485. The van der Waals surface area contributed by atoms with Crippen LogP contribution in [0.3, 0.4) is 0 Å². The minimum Gasteiger partial charge on any atom is -0.507 e. The zero-order chi connectivity index (χ0) is 11.4. The monoisotopic (exact) mass is 207 g/mol. The van der Waals surface area contributed by atoms with E-state index >= 15 is 0 Å². The highest BCUT2D eigenvalue weighted by molar-refractivity contribution is 6.01. The van der Waals surface area contributed by atoms with Gasteiger partial charge in [-0.05, 0) is 25.5 Å². The van der Waals surface area contributed by atoms with Gasteiger partial charge in [0.15, 0.2) is 0 Å². The maximum Gasteiger partial charge on any atom is 0.331 e. The zero-order valence-corrected chi connectivity index (χ0v) is 8.94. The first-order valence-electron chi connectivity index (χ1n) is 4.53. The molecule has 0 saturated heterocycles. The molecular weight excluding hydrogens is 194 g/mol. The van der Waals surface area contributed by atoms with Crippen molar-refractivity contribution in [3.05, 3.63) is 29.3 Å². The van der Waals surface area contributed by atoms with Gasteiger partial charge in [0.25, 0.3) is 0 Å². The summed E-state index contributed by atoms with van der Waals surface area (Å²) in [5.41, 5.74) is 1.78. The highest BCUT2D eigenvalue weighted by Crippen LogP contribution is 2.21. The van der Waals surface area contributed by atoms with Crippen molar-refractivity contribution in [1.82, 2.24) is 0 Å². The van der Waals surface area contributed by atoms with Crippen molar-refractivity contribution >= 4 is 11.7 Å². The molecule has 0 saturated carbocycles. The Morgan fingerprint density at radius 3 is 2.67 bits per heavy atom. The number of aryl methyl sites for hydroxylation is 1. The molecule has 0 radical (unpaired) electrons. The van der Waals surface area contributed by atoms with Gasteiger partial charge in [-0.1, -0.05) is 17.3 Å². The van der Waals surface area contributed by atoms with Crippen LogP contribution < -0.4 is 0 Å². The Balaban J connectivity index is 3.00. The molecule has 1 aromatic rings. The van der Waals surface area contributed by atoms with Crippen molar-refractivity contribution in [3.63, 3.8) is 0 Å². The summed E-state index contributed by atoms with van der Waals surface area (Å²) in [7, 11) is 0. The third-order valence-corrected chi connectivity index (χ3v) is 1.94. The Morgan fingerprint density at radius 1 is 1.40 bits per heavy atom. The maximum absolute atomic E-state index is 10.5. The second kappa shape index (κ2) is 4.59. The van der Waals surface area contributed by atoms with Crippen LogP contribution in [0.2, 0.25) is 0 Å². The van der Waals surface area contributed by atoms with E-state index in [0.29, 0.717) is 11.3 Å². The molecule has 4 heteroatoms. The third kappa shape index (κ3) is 2.80. The molecule has 0 amide bonds. The van der Waals surface area contributed by atoms with E-state index in [1.807, 2.05) is 0 Å². The third-order valence-electron chi connectivity index (χ3n) is 1.94. The quantitative estimate of drug-likeness (QED) is 0.458. The van der Waals surface area contributed by atoms with Crippen LogP contribution >= 0.6 is 0 Å². The van der Waals surface area contributed by atoms with E-state index in [4.69, 9.17) is 0 Å². The van der Waals surface area contributed by atoms with Gasteiger partial charge in [-0.25, -0.2) is 4.79 Å². The molecule has 4 nitrogen and oxygen atoms in total. The molecule has 0 aromatic heterocycles. The van der Waals surface area contributed by atoms with Crippen molar-refractivity contribution < 1.29 is 14.7 Å². The number of carbonyl (C=O) groups is 1. The van der Waals surface area contributed by atoms with Gasteiger partial charge in [-0.15, -0.1) is 0 Å². The molecule has 0 spiro atoms. The normalized spacial score (nSPS) is 11.3. The average Bonchev–Trinajstić information content (AvgIpc) is 2.18. The summed E-state index contributed by atoms with van der Waals surface area (Å²) in [5, 5.41) is 13.3. The molecule has 0 heterocycles. The van der Waals surface area contributed by atoms with Gasteiger partial charge in [-0.2, -0.15) is 0 Å². The molecular formula is C11H13NO3. The van der Waals surface area contributed by atoms with Crippen LogP contribution in [0.4, 0.5) is 0 Å². The van der Waals surface area contributed by atoms with Gasteiger partial charge in [0.2, 0.25) is 0 Å². The Morgan fingerprint density at radius 2 is 2.07 bits per heavy atom. The molecule has 0 bridgehead atoms. The summed E-state index contributed by atoms with van der Waals surface area (Å²) >= 11 is 0. The van der Waals surface area contributed by atoms with Crippen LogP contribution in [-0.2, 0) is 9.63 Å². The fraction of sp³-hybridized carbons (Fsp3) is 0.273. The largest absolute Gasteiger partial charge is 0.507 e. The van der Waals surface area contributed by atoms with Gasteiger partial charge in [-0.3, -0.25) is 0 Å². The molecule has 1 aromatic carbocycles. The number of hydrogen-bond acceptors (Lipinski definition) is 4. The molecule has 0 aliphatic rings. The Bertz CT molecular complexity index is 410. The summed E-state index contributed by atoms with van der Waals surface area (Å²) in [5.74, 6) is -0.326. The highest BCUT2D eigenvalue weighted by atomic mass is 16.7. The van der Waals surface area contributed by atoms with Crippen LogP contribution in [0.15, 0.2) is 23.4 Å². The molecule has 0 aliphatic heterocycles. The molecule has 15 heavy (non-hydrogen) atoms. The van der Waals surface area contributed by atoms with Crippen molar-refractivity contribution in [2.24, 2.45) is 5.16 Å². The predicted octanol–water partition coefficient (Wildman–Crippen LogP) is 1.99. The first-order chi connectivity index (χ1) is 7.02. The number of para-hydroxylation sites is 1. The fourth-order valence-electron chi connectivity index (χ4n) is 1.13. The van der Waals surface area contributed by atoms with Crippen molar-refractivity contribution in [3.8, 4) is 5.75 Å². The first-order valence-corrected chi connectivity index (χ1v) is 4.53. The van der Waals surface area contributed by atoms with Crippen LogP contribution in [0.5, 0.6) is 5.75 Å². The van der Waals surface area contributed by atoms with Crippen molar-refractivity contribution in [2.45, 2.75) is 20.8 Å². The second-order valence-electron chi connectivity index (χ2n) is 3.23. The second-order valence-corrected chi connectivity index (χ2v) is 3.23. The van der Waals surface area contributed by atoms with E-state index in [2.05, 4.69) is 9.99 Å². The van der Waals surface area contributed by atoms with Gasteiger partial charge in [0.1, 0.15) is 5.75 Å². The summed E-state index contributed by atoms with van der Waals surface area (Å²) in [6.45, 7) is 4.72. The first kappa shape index (κ1) is 11.2. The van der Waals surface area contributed by atoms with E-state index < -0.39 is 5.97 Å². The molecule has 0 fully saturated rings. The van der Waals surface area contributed by atoms with Crippen LogP contribution in [0.25, 0.3) is 0 Å². The molecule has 1 N–H and O–H groups in total. The number of carbonyl (C=O) groups excluding carboxylic acids is 1. The fourth-order valence-corrected chi connectivity index (χ4v) is 1.13. The lowest BCUT2D eigenvalue weighted by atomic mass is 10.1. The number of phenols is 1. The number of hydrogen-bond donors (Lipinski definition) is 1. The van der Waals surface area contributed by atoms with Gasteiger partial charge in [0.05, 0.1) is 5.71 Å². The number of benzene rings is 1. The van der Waals surface area contributed by atoms with Crippen molar-refractivity contribution in [1.29, 1.82) is 0 Å². The topological polar surface area (TPSA) is 58.9 Å². The smallest absolute Gasteiger partial charge is 0.331 e. The SMILES string of the molecule is CC(=O)ON=C(C)c1cccc(C)c1O. The summed E-state index contributed by atoms with van der Waals surface area (Å²) in [6, 6.07) is 5.31. The van der Waals surface area contributed by atoms with Gasteiger partial charge >= 0.3 is 5.97 Å². The van der Waals surface area contributed by atoms with Crippen LogP contribution in [0, 0.1) is 6.92 Å². The van der Waals surface area contributed by atoms with Crippen LogP contribution in [-0.4, -0.2) is 16.8 Å². The van der Waals surface area contributed by atoms with Gasteiger partial charge in [0, 0.05) is 12.5 Å². The number of oxime groups is 1. The van der Waals surface area contributed by atoms with E-state index in [1.165, 1.54) is 6.92 Å². The Kier molecular flexibility index (Phi) is 3.44. The summed E-state index contributed by atoms with van der Waals surface area (Å²) in [6.07, 6.45) is 0. The van der Waals surface area contributed by atoms with Crippen LogP contribution in [0.1, 0.15) is 25.0 Å². The number of nitrogens with zero attached hydrogens (tertiary/aromatic N) is 1. The highest BCUT2D eigenvalue weighted by Gasteiger charge is 2.07. The van der Waals surface area contributed by atoms with Gasteiger partial charge < -0.3 is 9.94 Å². The molecule has 0 atom stereocenters. The predicted molar refractivity (Wildman–Crippen MR) is 56.8 cm³/mol. The molecule has 1 rings (SSSR count). The Hall–Kier alpha value is -1.84. The average molecular weight is 207 g/mol. The molecule has 80 valence electrons.